The largest absolute Gasteiger partial charge is 0.383 e. The van der Waals surface area contributed by atoms with Gasteiger partial charge in [0.1, 0.15) is 15.4 Å². The summed E-state index contributed by atoms with van der Waals surface area (Å²) in [5.74, 6) is -0.154. The van der Waals surface area contributed by atoms with Crippen LogP contribution < -0.4 is 5.32 Å². The number of thiazole rings is 1. The first-order valence-corrected chi connectivity index (χ1v) is 14.7. The summed E-state index contributed by atoms with van der Waals surface area (Å²) in [6.45, 7) is 6.81. The summed E-state index contributed by atoms with van der Waals surface area (Å²) in [4.78, 5) is 28.8. The third-order valence-electron chi connectivity index (χ3n) is 7.42. The number of aromatic nitrogens is 2. The topological polar surface area (TPSA) is 70.6 Å². The molecule has 0 atom stereocenters. The van der Waals surface area contributed by atoms with Crippen molar-refractivity contribution in [3.05, 3.63) is 102 Å². The van der Waals surface area contributed by atoms with Gasteiger partial charge in [-0.3, -0.25) is 14.6 Å². The fourth-order valence-electron chi connectivity index (χ4n) is 5.16. The quantitative estimate of drug-likeness (QED) is 0.236. The minimum absolute atomic E-state index is 0.154. The number of pyridine rings is 1. The highest BCUT2D eigenvalue weighted by molar-refractivity contribution is 7.21. The molecule has 5 aromatic rings. The average molecular weight is 564 g/mol. The van der Waals surface area contributed by atoms with Crippen LogP contribution >= 0.6 is 11.3 Å². The lowest BCUT2D eigenvalue weighted by Crippen LogP contribution is -2.46. The Kier molecular flexibility index (Phi) is 8.44. The van der Waals surface area contributed by atoms with Crippen molar-refractivity contribution in [1.82, 2.24) is 19.8 Å². The van der Waals surface area contributed by atoms with Gasteiger partial charge in [-0.1, -0.05) is 65.9 Å². The molecular formula is C33H33N5O2S. The van der Waals surface area contributed by atoms with Crippen molar-refractivity contribution in [1.29, 1.82) is 0 Å². The summed E-state index contributed by atoms with van der Waals surface area (Å²) >= 11 is 1.54. The van der Waals surface area contributed by atoms with Crippen LogP contribution in [-0.4, -0.2) is 72.1 Å². The first-order chi connectivity index (χ1) is 20.2. The highest BCUT2D eigenvalue weighted by atomic mass is 32.1. The molecule has 8 heteroatoms. The number of nitrogens with one attached hydrogen (secondary N) is 1. The van der Waals surface area contributed by atoms with E-state index in [4.69, 9.17) is 14.7 Å². The van der Waals surface area contributed by atoms with Crippen LogP contribution in [-0.2, 0) is 11.3 Å². The van der Waals surface area contributed by atoms with Crippen molar-refractivity contribution in [3.8, 4) is 21.7 Å². The highest BCUT2D eigenvalue weighted by Crippen LogP contribution is 2.34. The second-order valence-corrected chi connectivity index (χ2v) is 11.2. The summed E-state index contributed by atoms with van der Waals surface area (Å²) < 4.78 is 5.22. The van der Waals surface area contributed by atoms with E-state index in [0.29, 0.717) is 5.56 Å². The molecule has 1 aliphatic heterocycles. The van der Waals surface area contributed by atoms with Gasteiger partial charge in [0.2, 0.25) is 0 Å². The van der Waals surface area contributed by atoms with E-state index in [9.17, 15) is 4.79 Å². The van der Waals surface area contributed by atoms with Crippen LogP contribution in [0.4, 0.5) is 5.69 Å². The molecule has 1 fully saturated rings. The van der Waals surface area contributed by atoms with Gasteiger partial charge in [0.25, 0.3) is 5.91 Å². The van der Waals surface area contributed by atoms with Crippen molar-refractivity contribution in [2.75, 3.05) is 51.8 Å². The second-order valence-electron chi connectivity index (χ2n) is 10.2. The third-order valence-corrected chi connectivity index (χ3v) is 8.44. The van der Waals surface area contributed by atoms with Crippen LogP contribution in [0, 0.1) is 0 Å². The maximum Gasteiger partial charge on any atom is 0.255 e. The minimum Gasteiger partial charge on any atom is -0.383 e. The zero-order valence-corrected chi connectivity index (χ0v) is 23.9. The Morgan fingerprint density at radius 3 is 2.49 bits per heavy atom. The Balaban J connectivity index is 1.17. The summed E-state index contributed by atoms with van der Waals surface area (Å²) in [5.41, 5.74) is 6.36. The molecular weight excluding hydrogens is 530 g/mol. The number of ether oxygens (including phenoxy) is 1. The number of carbonyl (C=O) groups excluding carboxylic acids is 1. The van der Waals surface area contributed by atoms with Crippen LogP contribution in [0.3, 0.4) is 0 Å². The summed E-state index contributed by atoms with van der Waals surface area (Å²) in [7, 11) is 1.75. The lowest BCUT2D eigenvalue weighted by Gasteiger charge is -2.34. The van der Waals surface area contributed by atoms with E-state index in [-0.39, 0.29) is 5.91 Å². The second kappa shape index (κ2) is 12.7. The number of hydrogen-bond donors (Lipinski definition) is 1. The van der Waals surface area contributed by atoms with Gasteiger partial charge in [0.05, 0.1) is 12.3 Å². The van der Waals surface area contributed by atoms with Gasteiger partial charge in [0, 0.05) is 63.7 Å². The lowest BCUT2D eigenvalue weighted by molar-refractivity contribution is 0.0938. The monoisotopic (exact) mass is 563 g/mol. The van der Waals surface area contributed by atoms with Gasteiger partial charge in [0.15, 0.2) is 0 Å². The number of amides is 1. The average Bonchev–Trinajstić information content (AvgIpc) is 3.45. The SMILES string of the molecule is COCCN1CCN(Cc2cnc3sc(-c4ccccc4NC(=O)c4cccc(-c5ccccc5)c4)nc3c2)CC1. The molecule has 1 N–H and O–H groups in total. The molecule has 0 bridgehead atoms. The highest BCUT2D eigenvalue weighted by Gasteiger charge is 2.18. The van der Waals surface area contributed by atoms with Crippen molar-refractivity contribution in [2.24, 2.45) is 0 Å². The van der Waals surface area contributed by atoms with E-state index in [1.807, 2.05) is 85.1 Å². The Morgan fingerprint density at radius 2 is 1.66 bits per heavy atom. The summed E-state index contributed by atoms with van der Waals surface area (Å²) in [5, 5.41) is 3.96. The Bertz CT molecular complexity index is 1630. The molecule has 2 aromatic heterocycles. The van der Waals surface area contributed by atoms with Gasteiger partial charge in [-0.05, 0) is 47.0 Å². The maximum absolute atomic E-state index is 13.3. The van der Waals surface area contributed by atoms with Crippen LogP contribution in [0.5, 0.6) is 0 Å². The fraction of sp³-hybridized carbons (Fsp3) is 0.242. The molecule has 0 radical (unpaired) electrons. The number of piperazine rings is 1. The number of fused-ring (bicyclic) bond motifs is 1. The number of para-hydroxylation sites is 1. The van der Waals surface area contributed by atoms with E-state index in [1.54, 1.807) is 18.4 Å². The van der Waals surface area contributed by atoms with Gasteiger partial charge in [-0.2, -0.15) is 0 Å². The van der Waals surface area contributed by atoms with Crippen LogP contribution in [0.2, 0.25) is 0 Å². The van der Waals surface area contributed by atoms with Crippen molar-refractivity contribution >= 4 is 33.3 Å². The number of carbonyl (C=O) groups is 1. The summed E-state index contributed by atoms with van der Waals surface area (Å²) in [6, 6.07) is 27.7. The molecule has 6 rings (SSSR count). The molecule has 208 valence electrons. The zero-order valence-electron chi connectivity index (χ0n) is 23.1. The number of hydrogen-bond acceptors (Lipinski definition) is 7. The van der Waals surface area contributed by atoms with Gasteiger partial charge in [-0.25, -0.2) is 9.97 Å². The number of methoxy groups -OCH3 is 1. The number of rotatable bonds is 9. The molecule has 1 amide bonds. The number of benzene rings is 3. The number of nitrogens with zero attached hydrogens (tertiary/aromatic N) is 4. The van der Waals surface area contributed by atoms with E-state index in [1.165, 1.54) is 5.56 Å². The maximum atomic E-state index is 13.3. The van der Waals surface area contributed by atoms with Crippen molar-refractivity contribution in [3.63, 3.8) is 0 Å². The molecule has 1 saturated heterocycles. The first kappa shape index (κ1) is 27.2. The van der Waals surface area contributed by atoms with Crippen LogP contribution in [0.1, 0.15) is 15.9 Å². The molecule has 0 spiro atoms. The standard InChI is InChI=1S/C33H33N5O2S/c1-40-19-18-37-14-16-38(17-15-37)23-24-20-30-33(34-22-24)41-32(36-30)28-12-5-6-13-29(28)35-31(39)27-11-7-10-26(21-27)25-8-3-2-4-9-25/h2-13,20-22H,14-19,23H2,1H3,(H,35,39). The third kappa shape index (κ3) is 6.52. The normalized spacial score (nSPS) is 14.4. The van der Waals surface area contributed by atoms with E-state index < -0.39 is 0 Å². The van der Waals surface area contributed by atoms with Crippen LogP contribution in [0.15, 0.2) is 91.1 Å². The first-order valence-electron chi connectivity index (χ1n) is 13.9. The van der Waals surface area contributed by atoms with Gasteiger partial charge >= 0.3 is 0 Å². The minimum atomic E-state index is -0.154. The Hall–Kier alpha value is -3.95. The Morgan fingerprint density at radius 1 is 0.902 bits per heavy atom. The van der Waals surface area contributed by atoms with E-state index in [2.05, 4.69) is 21.2 Å². The summed E-state index contributed by atoms with van der Waals surface area (Å²) in [6.07, 6.45) is 1.97. The predicted molar refractivity (Wildman–Crippen MR) is 166 cm³/mol. The number of anilines is 1. The molecule has 0 aliphatic carbocycles. The smallest absolute Gasteiger partial charge is 0.255 e. The van der Waals surface area contributed by atoms with E-state index >= 15 is 0 Å². The fourth-order valence-corrected chi connectivity index (χ4v) is 6.09. The molecule has 7 nitrogen and oxygen atoms in total. The van der Waals surface area contributed by atoms with E-state index in [0.717, 1.165) is 83.6 Å². The Labute approximate surface area is 244 Å². The molecule has 3 aromatic carbocycles. The van der Waals surface area contributed by atoms with Crippen LogP contribution in [0.25, 0.3) is 32.0 Å². The molecule has 0 unspecified atom stereocenters. The van der Waals surface area contributed by atoms with Crippen molar-refractivity contribution < 1.29 is 9.53 Å². The molecule has 0 saturated carbocycles. The molecule has 3 heterocycles. The predicted octanol–water partition coefficient (Wildman–Crippen LogP) is 6.04. The van der Waals surface area contributed by atoms with Gasteiger partial charge in [-0.15, -0.1) is 0 Å². The van der Waals surface area contributed by atoms with Gasteiger partial charge < -0.3 is 10.1 Å². The lowest BCUT2D eigenvalue weighted by atomic mass is 10.0. The van der Waals surface area contributed by atoms with Crippen molar-refractivity contribution in [2.45, 2.75) is 6.54 Å². The molecule has 41 heavy (non-hydrogen) atoms. The zero-order chi connectivity index (χ0) is 28.0. The molecule has 1 aliphatic rings.